The highest BCUT2D eigenvalue weighted by atomic mass is 16.5. The molecule has 0 spiro atoms. The first-order valence-corrected chi connectivity index (χ1v) is 6.51. The summed E-state index contributed by atoms with van der Waals surface area (Å²) in [6.45, 7) is 1.82. The lowest BCUT2D eigenvalue weighted by Gasteiger charge is -2.11. The van der Waals surface area contributed by atoms with Crippen LogP contribution in [0.15, 0.2) is 54.7 Å². The van der Waals surface area contributed by atoms with Gasteiger partial charge in [-0.1, -0.05) is 12.1 Å². The Bertz CT molecular complexity index is 822. The Kier molecular flexibility index (Phi) is 3.28. The van der Waals surface area contributed by atoms with Gasteiger partial charge in [-0.25, -0.2) is 4.79 Å². The standard InChI is InChI=1S/C17H13NO3/c1-11-10-12(17(19)20)6-7-15(11)21-16-8-9-18-14-5-3-2-4-13(14)16/h2-10H,1H3,(H,19,20). The van der Waals surface area contributed by atoms with E-state index in [1.54, 1.807) is 24.4 Å². The molecular weight excluding hydrogens is 266 g/mol. The number of fused-ring (bicyclic) bond motifs is 1. The predicted molar refractivity (Wildman–Crippen MR) is 80.0 cm³/mol. The van der Waals surface area contributed by atoms with Crippen LogP contribution >= 0.6 is 0 Å². The Hall–Kier alpha value is -2.88. The fourth-order valence-electron chi connectivity index (χ4n) is 2.17. The number of hydrogen-bond donors (Lipinski definition) is 1. The molecule has 1 aromatic heterocycles. The zero-order valence-corrected chi connectivity index (χ0v) is 11.4. The molecule has 0 aliphatic rings. The smallest absolute Gasteiger partial charge is 0.335 e. The number of para-hydroxylation sites is 1. The highest BCUT2D eigenvalue weighted by molar-refractivity contribution is 5.88. The van der Waals surface area contributed by atoms with Crippen molar-refractivity contribution in [3.05, 3.63) is 65.9 Å². The van der Waals surface area contributed by atoms with Crippen LogP contribution in [0.4, 0.5) is 0 Å². The van der Waals surface area contributed by atoms with Crippen molar-refractivity contribution in [3.8, 4) is 11.5 Å². The number of aromatic carboxylic acids is 1. The van der Waals surface area contributed by atoms with Crippen molar-refractivity contribution in [2.24, 2.45) is 0 Å². The molecule has 0 unspecified atom stereocenters. The SMILES string of the molecule is Cc1cc(C(=O)O)ccc1Oc1ccnc2ccccc12. The molecule has 0 aliphatic heterocycles. The second-order valence-electron chi connectivity index (χ2n) is 4.71. The number of carboxylic acids is 1. The molecule has 0 amide bonds. The minimum atomic E-state index is -0.945. The van der Waals surface area contributed by atoms with E-state index in [1.807, 2.05) is 31.2 Å². The van der Waals surface area contributed by atoms with Gasteiger partial charge in [0.2, 0.25) is 0 Å². The maximum atomic E-state index is 10.9. The Morgan fingerprint density at radius 2 is 1.90 bits per heavy atom. The molecule has 3 aromatic rings. The highest BCUT2D eigenvalue weighted by Gasteiger charge is 2.09. The van der Waals surface area contributed by atoms with E-state index in [2.05, 4.69) is 4.98 Å². The van der Waals surface area contributed by atoms with Gasteiger partial charge in [-0.3, -0.25) is 4.98 Å². The molecule has 4 nitrogen and oxygen atoms in total. The lowest BCUT2D eigenvalue weighted by Crippen LogP contribution is -1.97. The van der Waals surface area contributed by atoms with Crippen molar-refractivity contribution < 1.29 is 14.6 Å². The van der Waals surface area contributed by atoms with Gasteiger partial charge in [-0.2, -0.15) is 0 Å². The van der Waals surface area contributed by atoms with Crippen molar-refractivity contribution in [2.75, 3.05) is 0 Å². The van der Waals surface area contributed by atoms with Crippen molar-refractivity contribution >= 4 is 16.9 Å². The molecule has 2 aromatic carbocycles. The number of aryl methyl sites for hydroxylation is 1. The van der Waals surface area contributed by atoms with Crippen LogP contribution in [0.3, 0.4) is 0 Å². The number of aromatic nitrogens is 1. The first-order valence-electron chi connectivity index (χ1n) is 6.51. The van der Waals surface area contributed by atoms with E-state index in [-0.39, 0.29) is 5.56 Å². The van der Waals surface area contributed by atoms with Crippen molar-refractivity contribution in [1.29, 1.82) is 0 Å². The summed E-state index contributed by atoms with van der Waals surface area (Å²) in [5.41, 5.74) is 1.88. The van der Waals surface area contributed by atoms with E-state index in [4.69, 9.17) is 9.84 Å². The molecule has 0 fully saturated rings. The quantitative estimate of drug-likeness (QED) is 0.786. The first kappa shape index (κ1) is 13.1. The summed E-state index contributed by atoms with van der Waals surface area (Å²) < 4.78 is 5.92. The number of carbonyl (C=O) groups is 1. The summed E-state index contributed by atoms with van der Waals surface area (Å²) in [6, 6.07) is 14.3. The van der Waals surface area contributed by atoms with Gasteiger partial charge in [0.1, 0.15) is 11.5 Å². The molecule has 0 atom stereocenters. The van der Waals surface area contributed by atoms with Crippen LogP contribution < -0.4 is 4.74 Å². The van der Waals surface area contributed by atoms with E-state index < -0.39 is 5.97 Å². The van der Waals surface area contributed by atoms with Gasteiger partial charge in [0.25, 0.3) is 0 Å². The summed E-state index contributed by atoms with van der Waals surface area (Å²) in [4.78, 5) is 15.2. The first-order chi connectivity index (χ1) is 10.1. The number of nitrogens with zero attached hydrogens (tertiary/aromatic N) is 1. The van der Waals surface area contributed by atoms with E-state index >= 15 is 0 Å². The van der Waals surface area contributed by atoms with E-state index in [9.17, 15) is 4.79 Å². The van der Waals surface area contributed by atoms with Gasteiger partial charge in [0.15, 0.2) is 0 Å². The average molecular weight is 279 g/mol. The van der Waals surface area contributed by atoms with Crippen LogP contribution in [0, 0.1) is 6.92 Å². The zero-order chi connectivity index (χ0) is 14.8. The van der Waals surface area contributed by atoms with Crippen molar-refractivity contribution in [2.45, 2.75) is 6.92 Å². The van der Waals surface area contributed by atoms with Gasteiger partial charge in [0.05, 0.1) is 11.1 Å². The summed E-state index contributed by atoms with van der Waals surface area (Å²) >= 11 is 0. The molecule has 104 valence electrons. The zero-order valence-electron chi connectivity index (χ0n) is 11.4. The summed E-state index contributed by atoms with van der Waals surface area (Å²) in [5, 5.41) is 9.90. The van der Waals surface area contributed by atoms with Crippen LogP contribution in [0.1, 0.15) is 15.9 Å². The monoisotopic (exact) mass is 279 g/mol. The number of rotatable bonds is 3. The summed E-state index contributed by atoms with van der Waals surface area (Å²) in [5.74, 6) is 0.391. The fraction of sp³-hybridized carbons (Fsp3) is 0.0588. The molecule has 1 N–H and O–H groups in total. The molecule has 0 radical (unpaired) electrons. The van der Waals surface area contributed by atoms with E-state index in [1.165, 1.54) is 6.07 Å². The Labute approximate surface area is 121 Å². The molecule has 1 heterocycles. The maximum absolute atomic E-state index is 10.9. The van der Waals surface area contributed by atoms with E-state index in [0.29, 0.717) is 11.5 Å². The number of benzene rings is 2. The maximum Gasteiger partial charge on any atom is 0.335 e. The Morgan fingerprint density at radius 3 is 2.67 bits per heavy atom. The minimum absolute atomic E-state index is 0.249. The van der Waals surface area contributed by atoms with Gasteiger partial charge in [-0.05, 0) is 48.9 Å². The third kappa shape index (κ3) is 2.56. The number of ether oxygens (including phenoxy) is 1. The van der Waals surface area contributed by atoms with Crippen LogP contribution in [0.2, 0.25) is 0 Å². The number of hydrogen-bond acceptors (Lipinski definition) is 3. The third-order valence-electron chi connectivity index (χ3n) is 3.25. The lowest BCUT2D eigenvalue weighted by atomic mass is 10.1. The van der Waals surface area contributed by atoms with Crippen LogP contribution in [0.5, 0.6) is 11.5 Å². The van der Waals surface area contributed by atoms with Crippen molar-refractivity contribution in [1.82, 2.24) is 4.98 Å². The second-order valence-corrected chi connectivity index (χ2v) is 4.71. The van der Waals surface area contributed by atoms with Gasteiger partial charge < -0.3 is 9.84 Å². The molecule has 0 bridgehead atoms. The third-order valence-corrected chi connectivity index (χ3v) is 3.25. The molecule has 0 saturated carbocycles. The second kappa shape index (κ2) is 5.25. The summed E-state index contributed by atoms with van der Waals surface area (Å²) in [7, 11) is 0. The van der Waals surface area contributed by atoms with Gasteiger partial charge in [-0.15, -0.1) is 0 Å². The molecule has 0 saturated heterocycles. The normalized spacial score (nSPS) is 10.5. The van der Waals surface area contributed by atoms with E-state index in [0.717, 1.165) is 16.5 Å². The van der Waals surface area contributed by atoms with Crippen LogP contribution in [-0.4, -0.2) is 16.1 Å². The lowest BCUT2D eigenvalue weighted by molar-refractivity contribution is 0.0697. The van der Waals surface area contributed by atoms with Crippen LogP contribution in [0.25, 0.3) is 10.9 Å². The highest BCUT2D eigenvalue weighted by Crippen LogP contribution is 2.30. The minimum Gasteiger partial charge on any atom is -0.478 e. The number of carboxylic acid groups (broad SMARTS) is 1. The number of pyridine rings is 1. The predicted octanol–water partition coefficient (Wildman–Crippen LogP) is 4.03. The Balaban J connectivity index is 2.01. The molecule has 0 aliphatic carbocycles. The van der Waals surface area contributed by atoms with Gasteiger partial charge in [0, 0.05) is 11.6 Å². The fourth-order valence-corrected chi connectivity index (χ4v) is 2.17. The largest absolute Gasteiger partial charge is 0.478 e. The molecule has 3 rings (SSSR count). The van der Waals surface area contributed by atoms with Crippen LogP contribution in [-0.2, 0) is 0 Å². The molecule has 4 heteroatoms. The van der Waals surface area contributed by atoms with Gasteiger partial charge >= 0.3 is 5.97 Å². The molecule has 21 heavy (non-hydrogen) atoms. The average Bonchev–Trinajstić information content (AvgIpc) is 2.49. The Morgan fingerprint density at radius 1 is 1.10 bits per heavy atom. The molecular formula is C17H13NO3. The van der Waals surface area contributed by atoms with Crippen molar-refractivity contribution in [3.63, 3.8) is 0 Å². The summed E-state index contributed by atoms with van der Waals surface area (Å²) in [6.07, 6.45) is 1.69. The topological polar surface area (TPSA) is 59.4 Å².